The second-order valence-corrected chi connectivity index (χ2v) is 7.27. The van der Waals surface area contributed by atoms with Gasteiger partial charge in [0.15, 0.2) is 0 Å². The smallest absolute Gasteiger partial charge is 0.261 e. The molecule has 0 saturated heterocycles. The summed E-state index contributed by atoms with van der Waals surface area (Å²) in [4.78, 5) is 12.9. The van der Waals surface area contributed by atoms with Crippen LogP contribution < -0.4 is 10.1 Å². The first-order valence-corrected chi connectivity index (χ1v) is 9.44. The maximum Gasteiger partial charge on any atom is 0.261 e. The minimum absolute atomic E-state index is 0.0592. The minimum Gasteiger partial charge on any atom is -0.488 e. The maximum atomic E-state index is 12.2. The van der Waals surface area contributed by atoms with Crippen molar-refractivity contribution < 1.29 is 9.53 Å². The number of aromatic nitrogens is 2. The van der Waals surface area contributed by atoms with Crippen LogP contribution in [0.1, 0.15) is 31.9 Å². The Kier molecular flexibility index (Phi) is 5.73. The van der Waals surface area contributed by atoms with E-state index in [1.54, 1.807) is 10.9 Å². The molecular formula is C20H23N3O2S. The zero-order valence-electron chi connectivity index (χ0n) is 15.3. The van der Waals surface area contributed by atoms with Gasteiger partial charge in [-0.1, -0.05) is 17.7 Å². The highest BCUT2D eigenvalue weighted by atomic mass is 32.1. The molecule has 0 aliphatic carbocycles. The number of carbonyl (C=O) groups excluding carboxylic acids is 1. The average Bonchev–Trinajstić information content (AvgIpc) is 3.25. The van der Waals surface area contributed by atoms with Crippen LogP contribution in [-0.2, 0) is 13.2 Å². The van der Waals surface area contributed by atoms with Gasteiger partial charge in [0, 0.05) is 24.5 Å². The predicted octanol–water partition coefficient (Wildman–Crippen LogP) is 3.88. The number of thiophene rings is 1. The molecule has 5 nitrogen and oxygen atoms in total. The van der Waals surface area contributed by atoms with Crippen molar-refractivity contribution in [3.8, 4) is 5.75 Å². The number of carbonyl (C=O) groups is 1. The fraction of sp³-hybridized carbons (Fsp3) is 0.300. The van der Waals surface area contributed by atoms with Gasteiger partial charge in [0.05, 0.1) is 11.4 Å². The SMILES string of the molecule is Cc1cc(C)c(OCc2csc(C(=O)NCCn3cccn3)c2)c(C)c1. The van der Waals surface area contributed by atoms with Crippen molar-refractivity contribution in [2.75, 3.05) is 6.54 Å². The van der Waals surface area contributed by atoms with Gasteiger partial charge in [0.2, 0.25) is 0 Å². The van der Waals surface area contributed by atoms with Gasteiger partial charge >= 0.3 is 0 Å². The molecule has 0 fully saturated rings. The third-order valence-electron chi connectivity index (χ3n) is 4.05. The average molecular weight is 369 g/mol. The number of nitrogens with one attached hydrogen (secondary N) is 1. The van der Waals surface area contributed by atoms with Gasteiger partial charge in [-0.15, -0.1) is 11.3 Å². The lowest BCUT2D eigenvalue weighted by molar-refractivity contribution is 0.0956. The highest BCUT2D eigenvalue weighted by Gasteiger charge is 2.10. The Bertz CT molecular complexity index is 861. The highest BCUT2D eigenvalue weighted by molar-refractivity contribution is 7.12. The standard InChI is InChI=1S/C20H23N3O2S/c1-14-9-15(2)19(16(3)10-14)25-12-17-11-18(26-13-17)20(24)21-6-8-23-7-4-5-22-23/h4-5,7,9-11,13H,6,8,12H2,1-3H3,(H,21,24). The van der Waals surface area contributed by atoms with Crippen molar-refractivity contribution in [1.82, 2.24) is 15.1 Å². The summed E-state index contributed by atoms with van der Waals surface area (Å²) >= 11 is 1.44. The summed E-state index contributed by atoms with van der Waals surface area (Å²) in [6.45, 7) is 7.86. The highest BCUT2D eigenvalue weighted by Crippen LogP contribution is 2.26. The fourth-order valence-electron chi connectivity index (χ4n) is 2.92. The first-order valence-electron chi connectivity index (χ1n) is 8.56. The van der Waals surface area contributed by atoms with Crippen LogP contribution in [0.15, 0.2) is 42.0 Å². The van der Waals surface area contributed by atoms with E-state index in [0.29, 0.717) is 24.6 Å². The Morgan fingerprint density at radius 3 is 2.69 bits per heavy atom. The monoisotopic (exact) mass is 369 g/mol. The van der Waals surface area contributed by atoms with Gasteiger partial charge in [-0.05, 0) is 49.4 Å². The number of aryl methyl sites for hydroxylation is 3. The minimum atomic E-state index is -0.0592. The third-order valence-corrected chi connectivity index (χ3v) is 5.03. The molecule has 1 amide bonds. The van der Waals surface area contributed by atoms with E-state index in [0.717, 1.165) is 22.4 Å². The molecule has 2 aromatic heterocycles. The van der Waals surface area contributed by atoms with E-state index in [9.17, 15) is 4.79 Å². The van der Waals surface area contributed by atoms with E-state index < -0.39 is 0 Å². The number of benzene rings is 1. The first-order chi connectivity index (χ1) is 12.5. The van der Waals surface area contributed by atoms with Crippen LogP contribution >= 0.6 is 11.3 Å². The number of hydrogen-bond donors (Lipinski definition) is 1. The number of nitrogens with zero attached hydrogens (tertiary/aromatic N) is 2. The Balaban J connectivity index is 1.53. The molecule has 0 radical (unpaired) electrons. The van der Waals surface area contributed by atoms with E-state index in [-0.39, 0.29) is 5.91 Å². The molecule has 0 saturated carbocycles. The number of ether oxygens (including phenoxy) is 1. The summed E-state index contributed by atoms with van der Waals surface area (Å²) in [5.41, 5.74) is 4.51. The Morgan fingerprint density at radius 2 is 2.00 bits per heavy atom. The Hall–Kier alpha value is -2.60. The van der Waals surface area contributed by atoms with Crippen molar-refractivity contribution in [2.45, 2.75) is 33.9 Å². The summed E-state index contributed by atoms with van der Waals surface area (Å²) in [5, 5.41) is 9.01. The van der Waals surface area contributed by atoms with E-state index in [4.69, 9.17) is 4.74 Å². The van der Waals surface area contributed by atoms with Gasteiger partial charge in [0.25, 0.3) is 5.91 Å². The molecular weight excluding hydrogens is 346 g/mol. The van der Waals surface area contributed by atoms with Gasteiger partial charge < -0.3 is 10.1 Å². The Morgan fingerprint density at radius 1 is 1.23 bits per heavy atom. The zero-order valence-corrected chi connectivity index (χ0v) is 16.1. The van der Waals surface area contributed by atoms with Gasteiger partial charge in [-0.2, -0.15) is 5.10 Å². The quantitative estimate of drug-likeness (QED) is 0.688. The fourth-order valence-corrected chi connectivity index (χ4v) is 3.74. The van der Waals surface area contributed by atoms with E-state index in [2.05, 4.69) is 43.3 Å². The van der Waals surface area contributed by atoms with Crippen molar-refractivity contribution in [3.63, 3.8) is 0 Å². The van der Waals surface area contributed by atoms with Crippen molar-refractivity contribution in [1.29, 1.82) is 0 Å². The second-order valence-electron chi connectivity index (χ2n) is 6.36. The zero-order chi connectivity index (χ0) is 18.5. The van der Waals surface area contributed by atoms with E-state index >= 15 is 0 Å². The molecule has 0 unspecified atom stereocenters. The summed E-state index contributed by atoms with van der Waals surface area (Å²) < 4.78 is 7.79. The lowest BCUT2D eigenvalue weighted by Crippen LogP contribution is -2.26. The van der Waals surface area contributed by atoms with Crippen molar-refractivity contribution >= 4 is 17.2 Å². The largest absolute Gasteiger partial charge is 0.488 e. The van der Waals surface area contributed by atoms with Gasteiger partial charge in [0.1, 0.15) is 12.4 Å². The lowest BCUT2D eigenvalue weighted by Gasteiger charge is -2.12. The van der Waals surface area contributed by atoms with Crippen LogP contribution in [0.5, 0.6) is 5.75 Å². The van der Waals surface area contributed by atoms with Crippen molar-refractivity contribution in [3.05, 3.63) is 69.2 Å². The number of rotatable bonds is 7. The molecule has 136 valence electrons. The molecule has 0 aliphatic heterocycles. The second kappa shape index (κ2) is 8.19. The van der Waals surface area contributed by atoms with Crippen LogP contribution in [0.25, 0.3) is 0 Å². The van der Waals surface area contributed by atoms with Crippen LogP contribution in [0.3, 0.4) is 0 Å². The van der Waals surface area contributed by atoms with Gasteiger partial charge in [-0.25, -0.2) is 0 Å². The molecule has 26 heavy (non-hydrogen) atoms. The van der Waals surface area contributed by atoms with Crippen LogP contribution in [-0.4, -0.2) is 22.2 Å². The van der Waals surface area contributed by atoms with Gasteiger partial charge in [-0.3, -0.25) is 9.48 Å². The normalized spacial score (nSPS) is 10.7. The van der Waals surface area contributed by atoms with Crippen molar-refractivity contribution in [2.24, 2.45) is 0 Å². The molecule has 0 aliphatic rings. The maximum absolute atomic E-state index is 12.2. The molecule has 1 N–H and O–H groups in total. The van der Waals surface area contributed by atoms with E-state index in [1.807, 2.05) is 23.7 Å². The van der Waals surface area contributed by atoms with E-state index in [1.165, 1.54) is 16.9 Å². The molecule has 0 atom stereocenters. The summed E-state index contributed by atoms with van der Waals surface area (Å²) in [6, 6.07) is 8.00. The topological polar surface area (TPSA) is 56.1 Å². The number of amides is 1. The summed E-state index contributed by atoms with van der Waals surface area (Å²) in [5.74, 6) is 0.864. The molecule has 6 heteroatoms. The summed E-state index contributed by atoms with van der Waals surface area (Å²) in [6.07, 6.45) is 3.60. The molecule has 0 bridgehead atoms. The Labute approximate surface area is 157 Å². The third kappa shape index (κ3) is 4.52. The molecule has 1 aromatic carbocycles. The summed E-state index contributed by atoms with van der Waals surface area (Å²) in [7, 11) is 0. The molecule has 0 spiro atoms. The van der Waals surface area contributed by atoms with Crippen LogP contribution in [0.4, 0.5) is 0 Å². The molecule has 2 heterocycles. The molecule has 3 aromatic rings. The van der Waals surface area contributed by atoms with Crippen LogP contribution in [0, 0.1) is 20.8 Å². The van der Waals surface area contributed by atoms with Crippen LogP contribution in [0.2, 0.25) is 0 Å². The first kappa shape index (κ1) is 18.2. The predicted molar refractivity (Wildman–Crippen MR) is 104 cm³/mol. The lowest BCUT2D eigenvalue weighted by atomic mass is 10.1. The number of hydrogen-bond acceptors (Lipinski definition) is 4. The molecule has 3 rings (SSSR count).